The lowest BCUT2D eigenvalue weighted by atomic mass is 10.2. The molecule has 8 heteroatoms. The number of nitrogens with one attached hydrogen (secondary N) is 3. The third-order valence-corrected chi connectivity index (χ3v) is 3.28. The first kappa shape index (κ1) is 17.4. The van der Waals surface area contributed by atoms with Crippen molar-refractivity contribution in [1.82, 2.24) is 16.2 Å². The quantitative estimate of drug-likeness (QED) is 0.734. The summed E-state index contributed by atoms with van der Waals surface area (Å²) in [6, 6.07) is 11.2. The van der Waals surface area contributed by atoms with Gasteiger partial charge in [0.05, 0.1) is 17.1 Å². The summed E-state index contributed by atoms with van der Waals surface area (Å²) in [5, 5.41) is 2.59. The van der Waals surface area contributed by atoms with Gasteiger partial charge in [0.2, 0.25) is 0 Å². The summed E-state index contributed by atoms with van der Waals surface area (Å²) in [7, 11) is 0. The van der Waals surface area contributed by atoms with Crippen LogP contribution in [-0.2, 0) is 4.79 Å². The van der Waals surface area contributed by atoms with Crippen molar-refractivity contribution >= 4 is 29.3 Å². The highest BCUT2D eigenvalue weighted by molar-refractivity contribution is 6.33. The predicted octanol–water partition coefficient (Wildman–Crippen LogP) is 1.67. The van der Waals surface area contributed by atoms with Crippen molar-refractivity contribution in [2.75, 3.05) is 6.54 Å². The van der Waals surface area contributed by atoms with Crippen molar-refractivity contribution < 1.29 is 18.8 Å². The number of benzene rings is 2. The summed E-state index contributed by atoms with van der Waals surface area (Å²) < 4.78 is 12.8. The molecular weight excluding hydrogens is 337 g/mol. The Bertz CT molecular complexity index is 765. The first-order valence-corrected chi connectivity index (χ1v) is 7.22. The number of rotatable bonds is 4. The van der Waals surface area contributed by atoms with Gasteiger partial charge in [-0.3, -0.25) is 25.2 Å². The summed E-state index contributed by atoms with van der Waals surface area (Å²) in [4.78, 5) is 35.2. The molecule has 2 aromatic carbocycles. The van der Waals surface area contributed by atoms with Crippen molar-refractivity contribution in [2.45, 2.75) is 0 Å². The van der Waals surface area contributed by atoms with E-state index in [0.29, 0.717) is 0 Å². The molecule has 0 unspecified atom stereocenters. The van der Waals surface area contributed by atoms with Crippen molar-refractivity contribution in [3.05, 3.63) is 70.5 Å². The third kappa shape index (κ3) is 4.79. The van der Waals surface area contributed by atoms with Crippen LogP contribution in [0.15, 0.2) is 48.5 Å². The van der Waals surface area contributed by atoms with Crippen LogP contribution in [0.1, 0.15) is 20.7 Å². The van der Waals surface area contributed by atoms with Gasteiger partial charge in [-0.15, -0.1) is 0 Å². The fourth-order valence-corrected chi connectivity index (χ4v) is 1.97. The van der Waals surface area contributed by atoms with E-state index in [2.05, 4.69) is 16.2 Å². The van der Waals surface area contributed by atoms with E-state index in [1.807, 2.05) is 0 Å². The number of hydrogen-bond donors (Lipinski definition) is 3. The number of amides is 3. The van der Waals surface area contributed by atoms with E-state index in [0.717, 1.165) is 12.1 Å². The molecule has 0 heterocycles. The summed E-state index contributed by atoms with van der Waals surface area (Å²) >= 11 is 5.86. The Balaban J connectivity index is 1.79. The molecule has 124 valence electrons. The molecule has 0 fully saturated rings. The van der Waals surface area contributed by atoms with E-state index < -0.39 is 23.5 Å². The highest BCUT2D eigenvalue weighted by atomic mass is 35.5. The molecule has 3 N–H and O–H groups in total. The Labute approximate surface area is 142 Å². The highest BCUT2D eigenvalue weighted by Gasteiger charge is 2.11. The van der Waals surface area contributed by atoms with Crippen LogP contribution >= 0.6 is 11.6 Å². The number of carbonyl (C=O) groups excluding carboxylic acids is 3. The molecule has 0 saturated carbocycles. The monoisotopic (exact) mass is 349 g/mol. The van der Waals surface area contributed by atoms with Crippen LogP contribution in [0.25, 0.3) is 0 Å². The molecule has 2 aromatic rings. The number of hydrogen-bond acceptors (Lipinski definition) is 3. The van der Waals surface area contributed by atoms with Gasteiger partial charge in [-0.1, -0.05) is 23.7 Å². The largest absolute Gasteiger partial charge is 0.343 e. The summed E-state index contributed by atoms with van der Waals surface area (Å²) in [5.41, 5.74) is 4.75. The van der Waals surface area contributed by atoms with Gasteiger partial charge in [0.1, 0.15) is 5.82 Å². The molecule has 6 nitrogen and oxygen atoms in total. The highest BCUT2D eigenvalue weighted by Crippen LogP contribution is 2.13. The first-order chi connectivity index (χ1) is 11.5. The van der Waals surface area contributed by atoms with E-state index in [1.54, 1.807) is 18.2 Å². The van der Waals surface area contributed by atoms with Gasteiger partial charge >= 0.3 is 0 Å². The second-order valence-corrected chi connectivity index (χ2v) is 5.08. The number of carbonyl (C=O) groups is 3. The van der Waals surface area contributed by atoms with Crippen LogP contribution in [0.4, 0.5) is 4.39 Å². The van der Waals surface area contributed by atoms with Crippen LogP contribution in [0.5, 0.6) is 0 Å². The maximum absolute atomic E-state index is 12.8. The van der Waals surface area contributed by atoms with Crippen molar-refractivity contribution in [1.29, 1.82) is 0 Å². The standard InChI is InChI=1S/C16H13ClFN3O3/c17-13-4-2-1-3-12(13)16(24)21-20-14(22)9-19-15(23)10-5-7-11(18)8-6-10/h1-8H,9H2,(H,19,23)(H,20,22)(H,21,24). The minimum Gasteiger partial charge on any atom is -0.343 e. The van der Waals surface area contributed by atoms with Gasteiger partial charge in [0.15, 0.2) is 0 Å². The molecule has 3 amide bonds. The second-order valence-electron chi connectivity index (χ2n) is 4.67. The van der Waals surface area contributed by atoms with Crippen LogP contribution < -0.4 is 16.2 Å². The Kier molecular flexibility index (Phi) is 5.86. The van der Waals surface area contributed by atoms with Gasteiger partial charge in [0.25, 0.3) is 17.7 Å². The van der Waals surface area contributed by atoms with E-state index in [1.165, 1.54) is 18.2 Å². The molecule has 0 atom stereocenters. The summed E-state index contributed by atoms with van der Waals surface area (Å²) in [5.74, 6) is -2.22. The minimum atomic E-state index is -0.633. The molecule has 2 rings (SSSR count). The maximum Gasteiger partial charge on any atom is 0.271 e. The zero-order valence-corrected chi connectivity index (χ0v) is 13.1. The van der Waals surface area contributed by atoms with Crippen molar-refractivity contribution in [2.24, 2.45) is 0 Å². The second kappa shape index (κ2) is 8.07. The number of halogens is 2. The molecule has 0 aliphatic rings. The van der Waals surface area contributed by atoms with E-state index >= 15 is 0 Å². The number of hydrazine groups is 1. The molecule has 0 aromatic heterocycles. The molecule has 0 spiro atoms. The zero-order valence-electron chi connectivity index (χ0n) is 12.3. The van der Waals surface area contributed by atoms with Gasteiger partial charge in [-0.25, -0.2) is 4.39 Å². The lowest BCUT2D eigenvalue weighted by molar-refractivity contribution is -0.120. The fourth-order valence-electron chi connectivity index (χ4n) is 1.75. The Morgan fingerprint density at radius 3 is 2.25 bits per heavy atom. The fraction of sp³-hybridized carbons (Fsp3) is 0.0625. The Morgan fingerprint density at radius 2 is 1.58 bits per heavy atom. The SMILES string of the molecule is O=C(CNC(=O)c1ccc(F)cc1)NNC(=O)c1ccccc1Cl. The van der Waals surface area contributed by atoms with Crippen LogP contribution in [-0.4, -0.2) is 24.3 Å². The van der Waals surface area contributed by atoms with Crippen LogP contribution in [0.2, 0.25) is 5.02 Å². The van der Waals surface area contributed by atoms with Crippen LogP contribution in [0.3, 0.4) is 0 Å². The summed E-state index contributed by atoms with van der Waals surface area (Å²) in [6.45, 7) is -0.362. The topological polar surface area (TPSA) is 87.3 Å². The first-order valence-electron chi connectivity index (χ1n) is 6.85. The van der Waals surface area contributed by atoms with E-state index in [4.69, 9.17) is 11.6 Å². The molecule has 24 heavy (non-hydrogen) atoms. The van der Waals surface area contributed by atoms with Crippen molar-refractivity contribution in [3.8, 4) is 0 Å². The average Bonchev–Trinajstić information content (AvgIpc) is 2.58. The smallest absolute Gasteiger partial charge is 0.271 e. The molecule has 0 bridgehead atoms. The lowest BCUT2D eigenvalue weighted by Crippen LogP contribution is -2.46. The Hall–Kier alpha value is -2.93. The molecule has 0 aliphatic heterocycles. The van der Waals surface area contributed by atoms with Gasteiger partial charge in [-0.2, -0.15) is 0 Å². The minimum absolute atomic E-state index is 0.204. The van der Waals surface area contributed by atoms with E-state index in [-0.39, 0.29) is 22.7 Å². The molecule has 0 saturated heterocycles. The predicted molar refractivity (Wildman–Crippen MR) is 85.8 cm³/mol. The van der Waals surface area contributed by atoms with Gasteiger partial charge < -0.3 is 5.32 Å². The lowest BCUT2D eigenvalue weighted by Gasteiger charge is -2.09. The molecule has 0 radical (unpaired) electrons. The van der Waals surface area contributed by atoms with Gasteiger partial charge in [-0.05, 0) is 36.4 Å². The van der Waals surface area contributed by atoms with Crippen molar-refractivity contribution in [3.63, 3.8) is 0 Å². The van der Waals surface area contributed by atoms with E-state index in [9.17, 15) is 18.8 Å². The average molecular weight is 350 g/mol. The van der Waals surface area contributed by atoms with Crippen LogP contribution in [0, 0.1) is 5.82 Å². The Morgan fingerprint density at radius 1 is 0.917 bits per heavy atom. The molecule has 0 aliphatic carbocycles. The molecular formula is C16H13ClFN3O3. The third-order valence-electron chi connectivity index (χ3n) is 2.95. The zero-order chi connectivity index (χ0) is 17.5. The maximum atomic E-state index is 12.8. The summed E-state index contributed by atoms with van der Waals surface area (Å²) in [6.07, 6.45) is 0. The van der Waals surface area contributed by atoms with Gasteiger partial charge in [0, 0.05) is 5.56 Å². The normalized spacial score (nSPS) is 9.92.